The van der Waals surface area contributed by atoms with Crippen LogP contribution in [0.15, 0.2) is 52.0 Å². The second kappa shape index (κ2) is 9.78. The summed E-state index contributed by atoms with van der Waals surface area (Å²) in [7, 11) is 0. The van der Waals surface area contributed by atoms with Crippen LogP contribution in [0.3, 0.4) is 0 Å². The maximum atomic E-state index is 5.47. The van der Waals surface area contributed by atoms with Crippen molar-refractivity contribution in [3.63, 3.8) is 0 Å². The van der Waals surface area contributed by atoms with E-state index in [1.807, 2.05) is 50.6 Å². The number of hydrogen-bond acceptors (Lipinski definition) is 2. The van der Waals surface area contributed by atoms with Crippen LogP contribution in [0.4, 0.5) is 0 Å². The molecule has 0 saturated heterocycles. The van der Waals surface area contributed by atoms with Crippen LogP contribution < -0.4 is 0 Å². The van der Waals surface area contributed by atoms with Gasteiger partial charge in [-0.25, -0.2) is 0 Å². The molecule has 0 aliphatic rings. The molecule has 0 amide bonds. The molecule has 0 unspecified atom stereocenters. The molecular formula is C18H22NSV-. The van der Waals surface area contributed by atoms with E-state index in [-0.39, 0.29) is 18.6 Å². The number of allylic oxidation sites excluding steroid dienone is 5. The molecule has 0 N–H and O–H groups in total. The van der Waals surface area contributed by atoms with E-state index in [1.54, 1.807) is 0 Å². The summed E-state index contributed by atoms with van der Waals surface area (Å²) in [5.41, 5.74) is 5.82. The van der Waals surface area contributed by atoms with Gasteiger partial charge in [-0.1, -0.05) is 35.9 Å². The third-order valence-electron chi connectivity index (χ3n) is 3.28. The van der Waals surface area contributed by atoms with Crippen molar-refractivity contribution in [2.75, 3.05) is 0 Å². The zero-order chi connectivity index (χ0) is 15.1. The predicted octanol–water partition coefficient (Wildman–Crippen LogP) is 4.97. The fraction of sp³-hybridized carbons (Fsp3) is 0.278. The van der Waals surface area contributed by atoms with E-state index in [0.717, 1.165) is 16.0 Å². The zero-order valence-electron chi connectivity index (χ0n) is 13.3. The van der Waals surface area contributed by atoms with Crippen molar-refractivity contribution in [3.05, 3.63) is 64.4 Å². The van der Waals surface area contributed by atoms with Gasteiger partial charge in [0.1, 0.15) is 0 Å². The van der Waals surface area contributed by atoms with E-state index in [0.29, 0.717) is 0 Å². The normalized spacial score (nSPS) is 12.5. The number of benzene rings is 1. The summed E-state index contributed by atoms with van der Waals surface area (Å²) in [6, 6.07) is 2.10. The monoisotopic (exact) mass is 335 g/mol. The Balaban J connectivity index is 0.00000400. The van der Waals surface area contributed by atoms with E-state index in [2.05, 4.69) is 31.8 Å². The van der Waals surface area contributed by atoms with Gasteiger partial charge in [0.25, 0.3) is 0 Å². The third-order valence-corrected chi connectivity index (χ3v) is 3.83. The third kappa shape index (κ3) is 6.05. The van der Waals surface area contributed by atoms with Crippen LogP contribution in [0.1, 0.15) is 36.1 Å². The van der Waals surface area contributed by atoms with Crippen molar-refractivity contribution < 1.29 is 18.6 Å². The van der Waals surface area contributed by atoms with E-state index in [1.165, 1.54) is 16.7 Å². The molecule has 0 spiro atoms. The van der Waals surface area contributed by atoms with Gasteiger partial charge in [-0.3, -0.25) is 4.99 Å². The Bertz CT molecular complexity index is 596. The van der Waals surface area contributed by atoms with Crippen molar-refractivity contribution in [1.82, 2.24) is 0 Å². The molecule has 21 heavy (non-hydrogen) atoms. The van der Waals surface area contributed by atoms with Gasteiger partial charge in [-0.2, -0.15) is 4.90 Å². The summed E-state index contributed by atoms with van der Waals surface area (Å²) in [4.78, 5) is 5.26. The smallest absolute Gasteiger partial charge is 0.0325 e. The van der Waals surface area contributed by atoms with E-state index < -0.39 is 0 Å². The van der Waals surface area contributed by atoms with Gasteiger partial charge in [-0.05, 0) is 56.9 Å². The maximum absolute atomic E-state index is 5.47. The molecule has 1 nitrogen and oxygen atoms in total. The topological polar surface area (TPSA) is 12.4 Å². The molecule has 0 atom stereocenters. The molecule has 1 radical (unpaired) electrons. The van der Waals surface area contributed by atoms with Crippen LogP contribution in [0.5, 0.6) is 0 Å². The quantitative estimate of drug-likeness (QED) is 0.430. The molecule has 0 fully saturated rings. The second-order valence-corrected chi connectivity index (χ2v) is 5.31. The van der Waals surface area contributed by atoms with Gasteiger partial charge in [0.05, 0.1) is 0 Å². The van der Waals surface area contributed by atoms with E-state index in [9.17, 15) is 0 Å². The van der Waals surface area contributed by atoms with Crippen molar-refractivity contribution in [1.29, 1.82) is 0 Å². The van der Waals surface area contributed by atoms with Gasteiger partial charge < -0.3 is 12.6 Å². The molecule has 0 aliphatic carbocycles. The summed E-state index contributed by atoms with van der Waals surface area (Å²) in [6.45, 7) is 10.3. The Morgan fingerprint density at radius 3 is 2.43 bits per heavy atom. The maximum Gasteiger partial charge on any atom is 0.0325 e. The first-order chi connectivity index (χ1) is 9.47. The summed E-state index contributed by atoms with van der Waals surface area (Å²) >= 11 is 5.47. The Morgan fingerprint density at radius 2 is 1.81 bits per heavy atom. The molecule has 111 valence electrons. The van der Waals surface area contributed by atoms with Crippen molar-refractivity contribution in [2.24, 2.45) is 4.99 Å². The fourth-order valence-corrected chi connectivity index (χ4v) is 2.05. The standard InChI is InChI=1S/C18H23NS.V/c1-6-7-8-9-13(2)11-19-12-17-10-14(3)15(4)16(5)18(17)20;/h6-12,20H,1-5H3;/p-1/b7-6+,9-8-,13-11+,19-12?;. The molecule has 1 aromatic carbocycles. The SMILES string of the molecule is C/C=C/C=C\C(C)=C\N=Cc1cc(C)c(C)c(C)c1[S-].[V]. The molecule has 0 saturated carbocycles. The van der Waals surface area contributed by atoms with Crippen LogP contribution in [-0.2, 0) is 31.2 Å². The minimum atomic E-state index is 0. The Kier molecular flexibility index (Phi) is 9.27. The molecule has 0 aliphatic heterocycles. The van der Waals surface area contributed by atoms with Crippen LogP contribution >= 0.6 is 0 Å². The number of rotatable bonds is 4. The average Bonchev–Trinajstić information content (AvgIpc) is 2.42. The van der Waals surface area contributed by atoms with Gasteiger partial charge >= 0.3 is 0 Å². The largest absolute Gasteiger partial charge is 0.779 e. The van der Waals surface area contributed by atoms with Gasteiger partial charge in [0.15, 0.2) is 0 Å². The Labute approximate surface area is 146 Å². The van der Waals surface area contributed by atoms with E-state index in [4.69, 9.17) is 12.6 Å². The van der Waals surface area contributed by atoms with Crippen LogP contribution in [0.25, 0.3) is 0 Å². The molecule has 1 aromatic rings. The summed E-state index contributed by atoms with van der Waals surface area (Å²) in [5, 5.41) is 0. The minimum Gasteiger partial charge on any atom is -0.779 e. The number of aliphatic imine (C=N–C) groups is 1. The number of nitrogens with zero attached hydrogens (tertiary/aromatic N) is 1. The summed E-state index contributed by atoms with van der Waals surface area (Å²) in [5.74, 6) is 0. The van der Waals surface area contributed by atoms with Gasteiger partial charge in [-0.15, -0.1) is 0 Å². The molecule has 1 rings (SSSR count). The fourth-order valence-electron chi connectivity index (χ4n) is 1.78. The molecular weight excluding hydrogens is 313 g/mol. The van der Waals surface area contributed by atoms with Crippen molar-refractivity contribution in [3.8, 4) is 0 Å². The second-order valence-electron chi connectivity index (χ2n) is 4.90. The average molecular weight is 335 g/mol. The number of aryl methyl sites for hydroxylation is 1. The zero-order valence-corrected chi connectivity index (χ0v) is 15.6. The van der Waals surface area contributed by atoms with Crippen LogP contribution in [0.2, 0.25) is 0 Å². The first kappa shape index (κ1) is 19.9. The summed E-state index contributed by atoms with van der Waals surface area (Å²) in [6.07, 6.45) is 11.7. The summed E-state index contributed by atoms with van der Waals surface area (Å²) < 4.78 is 0. The molecule has 0 aromatic heterocycles. The van der Waals surface area contributed by atoms with Crippen LogP contribution in [-0.4, -0.2) is 6.21 Å². The first-order valence-electron chi connectivity index (χ1n) is 6.74. The van der Waals surface area contributed by atoms with Crippen LogP contribution in [0, 0.1) is 20.8 Å². The molecule has 0 bridgehead atoms. The Hall–Kier alpha value is -1.09. The van der Waals surface area contributed by atoms with Gasteiger partial charge in [0, 0.05) is 31.0 Å². The molecule has 0 heterocycles. The Morgan fingerprint density at radius 1 is 1.14 bits per heavy atom. The minimum absolute atomic E-state index is 0. The van der Waals surface area contributed by atoms with Gasteiger partial charge in [0.2, 0.25) is 0 Å². The van der Waals surface area contributed by atoms with Crippen molar-refractivity contribution in [2.45, 2.75) is 39.5 Å². The molecule has 3 heteroatoms. The number of hydrogen-bond donors (Lipinski definition) is 0. The van der Waals surface area contributed by atoms with Crippen molar-refractivity contribution >= 4 is 18.8 Å². The van der Waals surface area contributed by atoms with E-state index >= 15 is 0 Å². The predicted molar refractivity (Wildman–Crippen MR) is 91.6 cm³/mol. The first-order valence-corrected chi connectivity index (χ1v) is 7.15.